The molecule has 130 valence electrons. The number of anilines is 1. The first-order chi connectivity index (χ1) is 11.8. The number of amides is 2. The van der Waals surface area contributed by atoms with Crippen LogP contribution in [0.25, 0.3) is 10.9 Å². The number of H-pyrrole nitrogens is 1. The lowest BCUT2D eigenvalue weighted by molar-refractivity contribution is -0.141. The van der Waals surface area contributed by atoms with Crippen molar-refractivity contribution in [2.45, 2.75) is 12.7 Å². The van der Waals surface area contributed by atoms with Gasteiger partial charge in [-0.05, 0) is 35.9 Å². The van der Waals surface area contributed by atoms with Crippen molar-refractivity contribution in [3.63, 3.8) is 0 Å². The van der Waals surface area contributed by atoms with E-state index in [1.165, 1.54) is 6.07 Å². The van der Waals surface area contributed by atoms with Crippen molar-refractivity contribution in [3.8, 4) is 0 Å². The number of nitrogens with one attached hydrogen (secondary N) is 3. The largest absolute Gasteiger partial charge is 0.433 e. The summed E-state index contributed by atoms with van der Waals surface area (Å²) in [4.78, 5) is 18.2. The summed E-state index contributed by atoms with van der Waals surface area (Å²) in [5.74, 6) is 0. The van der Waals surface area contributed by atoms with Crippen LogP contribution in [0.3, 0.4) is 0 Å². The summed E-state index contributed by atoms with van der Waals surface area (Å²) in [6, 6.07) is 6.83. The van der Waals surface area contributed by atoms with Crippen molar-refractivity contribution in [1.29, 1.82) is 0 Å². The van der Waals surface area contributed by atoms with E-state index in [2.05, 4.69) is 20.6 Å². The summed E-state index contributed by atoms with van der Waals surface area (Å²) >= 11 is 6.11. The zero-order valence-corrected chi connectivity index (χ0v) is 13.4. The lowest BCUT2D eigenvalue weighted by Gasteiger charge is -2.10. The molecule has 0 aliphatic carbocycles. The molecule has 0 aliphatic heterocycles. The van der Waals surface area contributed by atoms with Gasteiger partial charge >= 0.3 is 12.2 Å². The van der Waals surface area contributed by atoms with E-state index in [9.17, 15) is 18.0 Å². The molecule has 2 aromatic heterocycles. The molecule has 3 N–H and O–H groups in total. The smallest absolute Gasteiger partial charge is 0.361 e. The summed E-state index contributed by atoms with van der Waals surface area (Å²) in [5, 5.41) is 6.37. The van der Waals surface area contributed by atoms with Crippen LogP contribution in [-0.2, 0) is 12.7 Å². The Bertz CT molecular complexity index is 923. The van der Waals surface area contributed by atoms with E-state index < -0.39 is 17.9 Å². The number of aromatic amines is 1. The molecule has 2 amide bonds. The van der Waals surface area contributed by atoms with E-state index in [1.54, 1.807) is 18.3 Å². The lowest BCUT2D eigenvalue weighted by Crippen LogP contribution is -2.28. The molecule has 0 saturated carbocycles. The van der Waals surface area contributed by atoms with Crippen LogP contribution in [-0.4, -0.2) is 16.0 Å². The summed E-state index contributed by atoms with van der Waals surface area (Å²) in [7, 11) is 0. The Labute approximate surface area is 145 Å². The Balaban J connectivity index is 1.64. The normalized spacial score (nSPS) is 11.5. The number of hydrogen-bond acceptors (Lipinski definition) is 2. The van der Waals surface area contributed by atoms with Crippen molar-refractivity contribution < 1.29 is 18.0 Å². The molecule has 0 atom stereocenters. The molecule has 0 saturated heterocycles. The van der Waals surface area contributed by atoms with Gasteiger partial charge in [0, 0.05) is 35.5 Å². The highest BCUT2D eigenvalue weighted by Crippen LogP contribution is 2.28. The molecule has 2 heterocycles. The molecule has 0 unspecified atom stereocenters. The quantitative estimate of drug-likeness (QED) is 0.634. The minimum Gasteiger partial charge on any atom is -0.361 e. The number of nitrogens with zero attached hydrogens (tertiary/aromatic N) is 1. The fraction of sp³-hybridized carbons (Fsp3) is 0.125. The number of alkyl halides is 3. The van der Waals surface area contributed by atoms with E-state index >= 15 is 0 Å². The first-order valence-corrected chi connectivity index (χ1v) is 7.54. The van der Waals surface area contributed by atoms with Crippen LogP contribution >= 0.6 is 11.6 Å². The van der Waals surface area contributed by atoms with Gasteiger partial charge in [-0.1, -0.05) is 11.6 Å². The van der Waals surface area contributed by atoms with Crippen LogP contribution in [0.15, 0.2) is 42.7 Å². The molecular formula is C16H12ClF3N4O. The van der Waals surface area contributed by atoms with Gasteiger partial charge in [0.15, 0.2) is 0 Å². The topological polar surface area (TPSA) is 69.8 Å². The van der Waals surface area contributed by atoms with Gasteiger partial charge in [0.1, 0.15) is 5.69 Å². The highest BCUT2D eigenvalue weighted by Gasteiger charge is 2.32. The fourth-order valence-electron chi connectivity index (χ4n) is 2.29. The minimum absolute atomic E-state index is 0.0735. The Hall–Kier alpha value is -2.74. The number of aromatic nitrogens is 2. The number of benzene rings is 1. The second kappa shape index (κ2) is 6.64. The van der Waals surface area contributed by atoms with Gasteiger partial charge in [-0.3, -0.25) is 4.98 Å². The molecule has 3 rings (SSSR count). The van der Waals surface area contributed by atoms with Crippen molar-refractivity contribution in [2.75, 3.05) is 5.32 Å². The van der Waals surface area contributed by atoms with Crippen LogP contribution in [0.2, 0.25) is 5.02 Å². The highest BCUT2D eigenvalue weighted by atomic mass is 35.5. The van der Waals surface area contributed by atoms with Gasteiger partial charge in [-0.25, -0.2) is 4.79 Å². The minimum atomic E-state index is -4.53. The third kappa shape index (κ3) is 4.03. The van der Waals surface area contributed by atoms with Crippen LogP contribution < -0.4 is 10.6 Å². The molecule has 5 nitrogen and oxygen atoms in total. The SMILES string of the molecule is O=C(NCc1ccnc(C(F)(F)F)c1)Nc1cc(Cl)c2cc[nH]c2c1. The first kappa shape index (κ1) is 17.1. The van der Waals surface area contributed by atoms with Crippen LogP contribution in [0.5, 0.6) is 0 Å². The number of carbonyl (C=O) groups is 1. The van der Waals surface area contributed by atoms with Gasteiger partial charge < -0.3 is 15.6 Å². The molecular weight excluding hydrogens is 357 g/mol. The second-order valence-corrected chi connectivity index (χ2v) is 5.66. The standard InChI is InChI=1S/C16H12ClF3N4O/c17-12-6-10(7-13-11(12)2-4-21-13)24-15(25)23-8-9-1-3-22-14(5-9)16(18,19)20/h1-7,21H,8H2,(H2,23,24,25). The number of fused-ring (bicyclic) bond motifs is 1. The Morgan fingerprint density at radius 2 is 2.04 bits per heavy atom. The van der Waals surface area contributed by atoms with Gasteiger partial charge in [0.2, 0.25) is 0 Å². The maximum atomic E-state index is 12.6. The second-order valence-electron chi connectivity index (χ2n) is 5.25. The van der Waals surface area contributed by atoms with Crippen LogP contribution in [0, 0.1) is 0 Å². The van der Waals surface area contributed by atoms with Gasteiger partial charge in [0.05, 0.1) is 5.02 Å². The fourth-order valence-corrected chi connectivity index (χ4v) is 2.57. The summed E-state index contributed by atoms with van der Waals surface area (Å²) in [5.41, 5.74) is 0.501. The first-order valence-electron chi connectivity index (χ1n) is 7.16. The summed E-state index contributed by atoms with van der Waals surface area (Å²) < 4.78 is 37.8. The zero-order chi connectivity index (χ0) is 18.0. The Morgan fingerprint density at radius 3 is 2.80 bits per heavy atom. The Kier molecular flexibility index (Phi) is 4.54. The monoisotopic (exact) mass is 368 g/mol. The number of pyridine rings is 1. The van der Waals surface area contributed by atoms with E-state index in [0.717, 1.165) is 23.2 Å². The van der Waals surface area contributed by atoms with E-state index in [1.807, 2.05) is 6.07 Å². The van der Waals surface area contributed by atoms with Crippen LogP contribution in [0.4, 0.5) is 23.7 Å². The summed E-state index contributed by atoms with van der Waals surface area (Å²) in [6.45, 7) is -0.0735. The van der Waals surface area contributed by atoms with E-state index in [-0.39, 0.29) is 12.1 Å². The van der Waals surface area contributed by atoms with E-state index in [4.69, 9.17) is 11.6 Å². The van der Waals surface area contributed by atoms with Crippen molar-refractivity contribution in [3.05, 3.63) is 59.0 Å². The molecule has 0 radical (unpaired) electrons. The molecule has 0 fully saturated rings. The zero-order valence-electron chi connectivity index (χ0n) is 12.6. The van der Waals surface area contributed by atoms with Gasteiger partial charge in [-0.15, -0.1) is 0 Å². The number of hydrogen-bond donors (Lipinski definition) is 3. The molecule has 25 heavy (non-hydrogen) atoms. The maximum absolute atomic E-state index is 12.6. The lowest BCUT2D eigenvalue weighted by atomic mass is 10.2. The number of halogens is 4. The van der Waals surface area contributed by atoms with E-state index in [0.29, 0.717) is 10.7 Å². The molecule has 0 aliphatic rings. The number of rotatable bonds is 3. The Morgan fingerprint density at radius 1 is 1.24 bits per heavy atom. The molecule has 0 bridgehead atoms. The van der Waals surface area contributed by atoms with Gasteiger partial charge in [-0.2, -0.15) is 13.2 Å². The number of urea groups is 1. The van der Waals surface area contributed by atoms with Crippen molar-refractivity contribution in [2.24, 2.45) is 0 Å². The molecule has 1 aromatic carbocycles. The maximum Gasteiger partial charge on any atom is 0.433 e. The predicted molar refractivity (Wildman–Crippen MR) is 88.4 cm³/mol. The van der Waals surface area contributed by atoms with Gasteiger partial charge in [0.25, 0.3) is 0 Å². The average Bonchev–Trinajstić information content (AvgIpc) is 3.01. The average molecular weight is 369 g/mol. The van der Waals surface area contributed by atoms with Crippen molar-refractivity contribution in [1.82, 2.24) is 15.3 Å². The third-order valence-electron chi connectivity index (χ3n) is 3.44. The molecule has 0 spiro atoms. The summed E-state index contributed by atoms with van der Waals surface area (Å²) in [6.07, 6.45) is -1.75. The predicted octanol–water partition coefficient (Wildman–Crippen LogP) is 4.56. The molecule has 3 aromatic rings. The van der Waals surface area contributed by atoms with Crippen molar-refractivity contribution >= 4 is 34.2 Å². The highest BCUT2D eigenvalue weighted by molar-refractivity contribution is 6.35. The molecule has 9 heteroatoms. The number of carbonyl (C=O) groups excluding carboxylic acids is 1. The van der Waals surface area contributed by atoms with Crippen LogP contribution in [0.1, 0.15) is 11.3 Å². The third-order valence-corrected chi connectivity index (χ3v) is 3.76.